The van der Waals surface area contributed by atoms with Crippen molar-refractivity contribution in [3.8, 4) is 73.2 Å². The van der Waals surface area contributed by atoms with Gasteiger partial charge in [-0.15, -0.1) is 11.3 Å². The maximum absolute atomic E-state index is 5.17. The first-order chi connectivity index (χ1) is 28.7. The molecule has 0 unspecified atom stereocenters. The average molecular weight is 759 g/mol. The Hall–Kier alpha value is -7.47. The summed E-state index contributed by atoms with van der Waals surface area (Å²) in [7, 11) is 0. The van der Waals surface area contributed by atoms with Crippen molar-refractivity contribution in [3.63, 3.8) is 0 Å². The summed E-state index contributed by atoms with van der Waals surface area (Å²) in [6.45, 7) is 0. The van der Waals surface area contributed by atoms with Gasteiger partial charge in [0, 0.05) is 32.0 Å². The van der Waals surface area contributed by atoms with Crippen LogP contribution in [0.3, 0.4) is 0 Å². The first kappa shape index (κ1) is 33.8. The van der Waals surface area contributed by atoms with E-state index in [2.05, 4.69) is 174 Å². The first-order valence-corrected chi connectivity index (χ1v) is 20.2. The Morgan fingerprint density at radius 3 is 1.36 bits per heavy atom. The van der Waals surface area contributed by atoms with Gasteiger partial charge in [-0.25, -0.2) is 4.98 Å². The van der Waals surface area contributed by atoms with Gasteiger partial charge in [0.15, 0.2) is 11.6 Å². The van der Waals surface area contributed by atoms with E-state index in [1.54, 1.807) is 11.3 Å². The maximum Gasteiger partial charge on any atom is 0.239 e. The number of rotatable bonds is 7. The molecule has 8 aromatic carbocycles. The van der Waals surface area contributed by atoms with E-state index in [1.165, 1.54) is 48.9 Å². The van der Waals surface area contributed by atoms with Crippen molar-refractivity contribution in [2.45, 2.75) is 0 Å². The maximum atomic E-state index is 5.17. The van der Waals surface area contributed by atoms with E-state index in [-0.39, 0.29) is 0 Å². The molecule has 0 aliphatic carbocycles. The van der Waals surface area contributed by atoms with Crippen molar-refractivity contribution in [1.29, 1.82) is 0 Å². The topological polar surface area (TPSA) is 43.6 Å². The summed E-state index contributed by atoms with van der Waals surface area (Å²) >= 11 is 1.78. The van der Waals surface area contributed by atoms with E-state index in [0.29, 0.717) is 17.6 Å². The summed E-state index contributed by atoms with van der Waals surface area (Å²) in [5.41, 5.74) is 12.4. The van der Waals surface area contributed by atoms with Crippen molar-refractivity contribution in [1.82, 2.24) is 19.5 Å². The summed E-state index contributed by atoms with van der Waals surface area (Å²) in [6.07, 6.45) is 0. The zero-order valence-corrected chi connectivity index (χ0v) is 32.1. The minimum atomic E-state index is 0.599. The number of fused-ring (bicyclic) bond motifs is 5. The van der Waals surface area contributed by atoms with Crippen LogP contribution in [0.2, 0.25) is 0 Å². The van der Waals surface area contributed by atoms with E-state index in [9.17, 15) is 0 Å². The minimum absolute atomic E-state index is 0.599. The van der Waals surface area contributed by atoms with Crippen molar-refractivity contribution in [2.24, 2.45) is 0 Å². The third kappa shape index (κ3) is 6.06. The van der Waals surface area contributed by atoms with Crippen LogP contribution >= 0.6 is 11.3 Å². The van der Waals surface area contributed by atoms with Crippen LogP contribution in [0.25, 0.3) is 104 Å². The minimum Gasteiger partial charge on any atom is -0.269 e. The van der Waals surface area contributed by atoms with Crippen LogP contribution < -0.4 is 0 Å². The number of benzene rings is 8. The highest BCUT2D eigenvalue weighted by molar-refractivity contribution is 7.25. The Bertz CT molecular complexity index is 3150. The van der Waals surface area contributed by atoms with Gasteiger partial charge in [0.25, 0.3) is 0 Å². The number of aromatic nitrogens is 4. The summed E-state index contributed by atoms with van der Waals surface area (Å²) in [6, 6.07) is 73.0. The molecule has 0 N–H and O–H groups in total. The van der Waals surface area contributed by atoms with Crippen LogP contribution in [0.1, 0.15) is 0 Å². The predicted octanol–water partition coefficient (Wildman–Crippen LogP) is 14.2. The van der Waals surface area contributed by atoms with Crippen LogP contribution in [-0.4, -0.2) is 19.5 Å². The quantitative estimate of drug-likeness (QED) is 0.163. The van der Waals surface area contributed by atoms with Gasteiger partial charge >= 0.3 is 0 Å². The summed E-state index contributed by atoms with van der Waals surface area (Å²) in [5, 5.41) is 3.60. The number of nitrogens with zero attached hydrogens (tertiary/aromatic N) is 4. The average Bonchev–Trinajstić information content (AvgIpc) is 3.84. The van der Waals surface area contributed by atoms with Gasteiger partial charge in [-0.3, -0.25) is 4.57 Å². The predicted molar refractivity (Wildman–Crippen MR) is 242 cm³/mol. The second-order valence-electron chi connectivity index (χ2n) is 14.5. The Balaban J connectivity index is 1.09. The Labute approximate surface area is 340 Å². The fourth-order valence-electron chi connectivity index (χ4n) is 8.03. The lowest BCUT2D eigenvalue weighted by atomic mass is 9.92. The summed E-state index contributed by atoms with van der Waals surface area (Å²) < 4.78 is 3.46. The molecule has 4 nitrogen and oxygen atoms in total. The van der Waals surface area contributed by atoms with Gasteiger partial charge in [0.2, 0.25) is 5.95 Å². The normalized spacial score (nSPS) is 11.4. The van der Waals surface area contributed by atoms with E-state index >= 15 is 0 Å². The van der Waals surface area contributed by atoms with Gasteiger partial charge in [-0.1, -0.05) is 164 Å². The largest absolute Gasteiger partial charge is 0.269 e. The molecule has 3 aromatic heterocycles. The van der Waals surface area contributed by atoms with Crippen molar-refractivity contribution < 1.29 is 0 Å². The molecule has 0 aliphatic rings. The smallest absolute Gasteiger partial charge is 0.239 e. The summed E-state index contributed by atoms with van der Waals surface area (Å²) in [5.74, 6) is 1.88. The molecule has 11 aromatic rings. The van der Waals surface area contributed by atoms with E-state index < -0.39 is 0 Å². The highest BCUT2D eigenvalue weighted by Crippen LogP contribution is 2.44. The Morgan fingerprint density at radius 1 is 0.328 bits per heavy atom. The molecule has 11 rings (SSSR count). The molecule has 0 saturated heterocycles. The Kier molecular flexibility index (Phi) is 8.30. The highest BCUT2D eigenvalue weighted by Gasteiger charge is 2.22. The third-order valence-electron chi connectivity index (χ3n) is 10.9. The van der Waals surface area contributed by atoms with E-state index in [4.69, 9.17) is 15.0 Å². The van der Waals surface area contributed by atoms with Gasteiger partial charge in [0.1, 0.15) is 4.83 Å². The molecule has 5 heteroatoms. The molecule has 0 saturated carbocycles. The molecule has 0 radical (unpaired) electrons. The fourth-order valence-corrected chi connectivity index (χ4v) is 9.26. The lowest BCUT2D eigenvalue weighted by Gasteiger charge is -2.13. The lowest BCUT2D eigenvalue weighted by Crippen LogP contribution is -2.06. The number of hydrogen-bond acceptors (Lipinski definition) is 4. The van der Waals surface area contributed by atoms with Crippen LogP contribution in [0.15, 0.2) is 206 Å². The van der Waals surface area contributed by atoms with Gasteiger partial charge < -0.3 is 0 Å². The van der Waals surface area contributed by atoms with Crippen molar-refractivity contribution in [2.75, 3.05) is 0 Å². The number of hydrogen-bond donors (Lipinski definition) is 0. The second kappa shape index (κ2) is 14.2. The van der Waals surface area contributed by atoms with Crippen LogP contribution in [0.5, 0.6) is 0 Å². The zero-order chi connectivity index (χ0) is 38.4. The van der Waals surface area contributed by atoms with Gasteiger partial charge in [-0.05, 0) is 87.0 Å². The summed E-state index contributed by atoms with van der Waals surface area (Å²) in [4.78, 5) is 16.4. The van der Waals surface area contributed by atoms with Crippen molar-refractivity contribution in [3.05, 3.63) is 206 Å². The molecule has 3 heterocycles. The van der Waals surface area contributed by atoms with E-state index in [1.807, 2.05) is 36.4 Å². The first-order valence-electron chi connectivity index (χ1n) is 19.4. The van der Waals surface area contributed by atoms with Crippen LogP contribution in [-0.2, 0) is 0 Å². The van der Waals surface area contributed by atoms with Crippen LogP contribution in [0.4, 0.5) is 0 Å². The second-order valence-corrected chi connectivity index (χ2v) is 15.5. The van der Waals surface area contributed by atoms with Crippen LogP contribution in [0, 0.1) is 0 Å². The molecular formula is C53H34N4S. The monoisotopic (exact) mass is 758 g/mol. The SMILES string of the molecule is c1ccc(-c2cc(-c3ccccc3)cc(-c3cccc(-c4ccc5c(c4)c4c6ccccc6sc4n5-c4nc(-c5ccccc5)nc(-c5ccccc5)n4)c3)c2)cc1. The van der Waals surface area contributed by atoms with Gasteiger partial charge in [0.05, 0.1) is 5.52 Å². The molecule has 0 fully saturated rings. The third-order valence-corrected chi connectivity index (χ3v) is 12.0. The zero-order valence-electron chi connectivity index (χ0n) is 31.3. The molecule has 58 heavy (non-hydrogen) atoms. The molecule has 0 spiro atoms. The number of thiophene rings is 1. The highest BCUT2D eigenvalue weighted by atomic mass is 32.1. The Morgan fingerprint density at radius 2 is 0.776 bits per heavy atom. The lowest BCUT2D eigenvalue weighted by molar-refractivity contribution is 0.957. The molecule has 0 aliphatic heterocycles. The van der Waals surface area contributed by atoms with Crippen molar-refractivity contribution >= 4 is 42.5 Å². The molecule has 272 valence electrons. The molecule has 0 amide bonds. The molecule has 0 bridgehead atoms. The molecule has 0 atom stereocenters. The standard InChI is InChI=1S/C53H34N4S/c1-5-16-35(17-6-1)42-31-43(36-18-7-2-8-19-36)33-44(32-42)40-25-15-24-39(30-40)41-28-29-47-46(34-41)49-45-26-13-14-27-48(45)58-52(49)57(47)53-55-50(37-20-9-3-10-21-37)54-51(56-53)38-22-11-4-12-23-38/h1-34H. The molecular weight excluding hydrogens is 725 g/mol. The fraction of sp³-hybridized carbons (Fsp3) is 0. The van der Waals surface area contributed by atoms with Gasteiger partial charge in [-0.2, -0.15) is 9.97 Å². The van der Waals surface area contributed by atoms with E-state index in [0.717, 1.165) is 38.0 Å².